The summed E-state index contributed by atoms with van der Waals surface area (Å²) in [6.07, 6.45) is 4.68. The van der Waals surface area contributed by atoms with E-state index in [0.29, 0.717) is 6.04 Å². The van der Waals surface area contributed by atoms with Gasteiger partial charge in [-0.25, -0.2) is 9.97 Å². The van der Waals surface area contributed by atoms with Crippen LogP contribution in [-0.4, -0.2) is 40.5 Å². The van der Waals surface area contributed by atoms with Crippen molar-refractivity contribution in [1.82, 2.24) is 20.2 Å². The number of aromatic nitrogens is 2. The molecule has 4 nitrogen and oxygen atoms in total. The molecule has 1 fully saturated rings. The largest absolute Gasteiger partial charge is 0.311 e. The van der Waals surface area contributed by atoms with Gasteiger partial charge in [0.15, 0.2) is 0 Å². The van der Waals surface area contributed by atoms with Gasteiger partial charge in [0.2, 0.25) is 0 Å². The molecule has 1 aliphatic rings. The minimum Gasteiger partial charge on any atom is -0.311 e. The van der Waals surface area contributed by atoms with Crippen molar-refractivity contribution >= 4 is 0 Å². The van der Waals surface area contributed by atoms with Gasteiger partial charge in [0, 0.05) is 38.4 Å². The molecule has 0 saturated carbocycles. The zero-order valence-electron chi connectivity index (χ0n) is 10.8. The molecule has 1 saturated heterocycles. The molecule has 2 rings (SSSR count). The van der Waals surface area contributed by atoms with Gasteiger partial charge in [-0.2, -0.15) is 0 Å². The lowest BCUT2D eigenvalue weighted by atomic mass is 9.97. The van der Waals surface area contributed by atoms with Crippen LogP contribution < -0.4 is 5.32 Å². The molecule has 1 N–H and O–H groups in total. The molecule has 0 aromatic carbocycles. The first-order chi connectivity index (χ1) is 8.29. The Morgan fingerprint density at radius 3 is 3.18 bits per heavy atom. The zero-order valence-corrected chi connectivity index (χ0v) is 10.8. The second-order valence-corrected chi connectivity index (χ2v) is 4.88. The summed E-state index contributed by atoms with van der Waals surface area (Å²) in [6.45, 7) is 8.84. The fraction of sp³-hybridized carbons (Fsp3) is 0.692. The summed E-state index contributed by atoms with van der Waals surface area (Å²) in [4.78, 5) is 10.7. The molecule has 0 radical (unpaired) electrons. The van der Waals surface area contributed by atoms with Crippen molar-refractivity contribution < 1.29 is 0 Å². The van der Waals surface area contributed by atoms with Crippen LogP contribution in [0.15, 0.2) is 18.6 Å². The maximum absolute atomic E-state index is 4.29. The molecule has 94 valence electrons. The zero-order chi connectivity index (χ0) is 12.1. The smallest absolute Gasteiger partial charge is 0.115 e. The Kier molecular flexibility index (Phi) is 4.45. The lowest BCUT2D eigenvalue weighted by Gasteiger charge is -2.36. The maximum atomic E-state index is 4.29. The van der Waals surface area contributed by atoms with Crippen LogP contribution in [0.5, 0.6) is 0 Å². The molecule has 17 heavy (non-hydrogen) atoms. The van der Waals surface area contributed by atoms with Crippen molar-refractivity contribution in [2.24, 2.45) is 5.92 Å². The Labute approximate surface area is 103 Å². The number of hydrogen-bond acceptors (Lipinski definition) is 4. The summed E-state index contributed by atoms with van der Waals surface area (Å²) >= 11 is 0. The SMILES string of the molecule is CCC(C)C1CN(Cc2ccncn2)CCN1. The quantitative estimate of drug-likeness (QED) is 0.852. The Bertz CT molecular complexity index is 327. The molecule has 0 bridgehead atoms. The number of hydrogen-bond donors (Lipinski definition) is 1. The van der Waals surface area contributed by atoms with Crippen molar-refractivity contribution in [2.75, 3.05) is 19.6 Å². The highest BCUT2D eigenvalue weighted by Crippen LogP contribution is 2.13. The van der Waals surface area contributed by atoms with Crippen LogP contribution in [-0.2, 0) is 6.54 Å². The van der Waals surface area contributed by atoms with Gasteiger partial charge >= 0.3 is 0 Å². The molecule has 2 heterocycles. The van der Waals surface area contributed by atoms with Gasteiger partial charge in [-0.1, -0.05) is 20.3 Å². The Morgan fingerprint density at radius 1 is 1.59 bits per heavy atom. The number of nitrogens with zero attached hydrogens (tertiary/aromatic N) is 3. The van der Waals surface area contributed by atoms with E-state index in [0.717, 1.165) is 37.8 Å². The second-order valence-electron chi connectivity index (χ2n) is 4.88. The van der Waals surface area contributed by atoms with Gasteiger partial charge in [0.1, 0.15) is 6.33 Å². The Morgan fingerprint density at radius 2 is 2.47 bits per heavy atom. The predicted molar refractivity (Wildman–Crippen MR) is 68.6 cm³/mol. The number of nitrogens with one attached hydrogen (secondary N) is 1. The third-order valence-electron chi connectivity index (χ3n) is 3.65. The van der Waals surface area contributed by atoms with Crippen LogP contribution in [0.4, 0.5) is 0 Å². The summed E-state index contributed by atoms with van der Waals surface area (Å²) in [7, 11) is 0. The monoisotopic (exact) mass is 234 g/mol. The summed E-state index contributed by atoms with van der Waals surface area (Å²) in [5.74, 6) is 0.739. The summed E-state index contributed by atoms with van der Waals surface area (Å²) in [5, 5.41) is 3.61. The fourth-order valence-corrected chi connectivity index (χ4v) is 2.29. The summed E-state index contributed by atoms with van der Waals surface area (Å²) in [5.41, 5.74) is 1.12. The molecule has 1 aromatic heterocycles. The van der Waals surface area contributed by atoms with Crippen LogP contribution in [0.1, 0.15) is 26.0 Å². The van der Waals surface area contributed by atoms with E-state index in [2.05, 4.69) is 34.0 Å². The van der Waals surface area contributed by atoms with E-state index in [-0.39, 0.29) is 0 Å². The van der Waals surface area contributed by atoms with Gasteiger partial charge < -0.3 is 5.32 Å². The lowest BCUT2D eigenvalue weighted by molar-refractivity contribution is 0.161. The summed E-state index contributed by atoms with van der Waals surface area (Å²) < 4.78 is 0. The van der Waals surface area contributed by atoms with Crippen molar-refractivity contribution in [3.63, 3.8) is 0 Å². The Balaban J connectivity index is 1.89. The fourth-order valence-electron chi connectivity index (χ4n) is 2.29. The average Bonchev–Trinajstić information content (AvgIpc) is 2.39. The first kappa shape index (κ1) is 12.5. The normalized spacial score (nSPS) is 23.5. The topological polar surface area (TPSA) is 41.1 Å². The lowest BCUT2D eigenvalue weighted by Crippen LogP contribution is -2.52. The van der Waals surface area contributed by atoms with E-state index in [1.807, 2.05) is 12.3 Å². The Hall–Kier alpha value is -1.00. The van der Waals surface area contributed by atoms with Crippen LogP contribution in [0, 0.1) is 5.92 Å². The van der Waals surface area contributed by atoms with Gasteiger partial charge in [-0.3, -0.25) is 4.90 Å². The highest BCUT2D eigenvalue weighted by molar-refractivity contribution is 4.98. The van der Waals surface area contributed by atoms with E-state index in [1.165, 1.54) is 6.42 Å². The molecule has 2 atom stereocenters. The third-order valence-corrected chi connectivity index (χ3v) is 3.65. The minimum atomic E-state index is 0.621. The van der Waals surface area contributed by atoms with Crippen molar-refractivity contribution in [1.29, 1.82) is 0 Å². The second kappa shape index (κ2) is 6.07. The average molecular weight is 234 g/mol. The van der Waals surface area contributed by atoms with Crippen LogP contribution in [0.3, 0.4) is 0 Å². The first-order valence-electron chi connectivity index (χ1n) is 6.50. The standard InChI is InChI=1S/C13H22N4/c1-3-11(2)13-9-17(7-6-15-13)8-12-4-5-14-10-16-12/h4-5,10-11,13,15H,3,6-9H2,1-2H3. The van der Waals surface area contributed by atoms with E-state index in [1.54, 1.807) is 6.33 Å². The first-order valence-corrected chi connectivity index (χ1v) is 6.50. The highest BCUT2D eigenvalue weighted by atomic mass is 15.2. The number of piperazine rings is 1. The van der Waals surface area contributed by atoms with Gasteiger partial charge in [-0.05, 0) is 12.0 Å². The molecule has 0 aliphatic carbocycles. The van der Waals surface area contributed by atoms with E-state index in [9.17, 15) is 0 Å². The molecule has 2 unspecified atom stereocenters. The molecular formula is C13H22N4. The molecular weight excluding hydrogens is 212 g/mol. The van der Waals surface area contributed by atoms with Gasteiger partial charge in [0.25, 0.3) is 0 Å². The predicted octanol–water partition coefficient (Wildman–Crippen LogP) is 1.30. The minimum absolute atomic E-state index is 0.621. The van der Waals surface area contributed by atoms with E-state index >= 15 is 0 Å². The van der Waals surface area contributed by atoms with Crippen LogP contribution >= 0.6 is 0 Å². The summed E-state index contributed by atoms with van der Waals surface area (Å²) in [6, 6.07) is 2.62. The van der Waals surface area contributed by atoms with Crippen molar-refractivity contribution in [2.45, 2.75) is 32.9 Å². The molecule has 0 spiro atoms. The number of rotatable bonds is 4. The molecule has 1 aliphatic heterocycles. The van der Waals surface area contributed by atoms with Gasteiger partial charge in [-0.15, -0.1) is 0 Å². The highest BCUT2D eigenvalue weighted by Gasteiger charge is 2.23. The maximum Gasteiger partial charge on any atom is 0.115 e. The van der Waals surface area contributed by atoms with Crippen molar-refractivity contribution in [3.05, 3.63) is 24.3 Å². The van der Waals surface area contributed by atoms with E-state index < -0.39 is 0 Å². The van der Waals surface area contributed by atoms with Crippen LogP contribution in [0.2, 0.25) is 0 Å². The molecule has 1 aromatic rings. The molecule has 4 heteroatoms. The third kappa shape index (κ3) is 3.48. The van der Waals surface area contributed by atoms with E-state index in [4.69, 9.17) is 0 Å². The molecule has 0 amide bonds. The van der Waals surface area contributed by atoms with Gasteiger partial charge in [0.05, 0.1) is 5.69 Å². The van der Waals surface area contributed by atoms with Crippen molar-refractivity contribution in [3.8, 4) is 0 Å². The van der Waals surface area contributed by atoms with Crippen LogP contribution in [0.25, 0.3) is 0 Å².